The average Bonchev–Trinajstić information content (AvgIpc) is 3.05. The van der Waals surface area contributed by atoms with Crippen LogP contribution in [0.3, 0.4) is 0 Å². The van der Waals surface area contributed by atoms with Gasteiger partial charge in [0.15, 0.2) is 24.2 Å². The van der Waals surface area contributed by atoms with Gasteiger partial charge in [-0.3, -0.25) is 19.4 Å². The number of amides is 1. The Labute approximate surface area is 273 Å². The van der Waals surface area contributed by atoms with Crippen LogP contribution in [-0.4, -0.2) is 74.4 Å². The summed E-state index contributed by atoms with van der Waals surface area (Å²) >= 11 is 0. The molecule has 0 unspecified atom stereocenters. The highest BCUT2D eigenvalue weighted by Gasteiger charge is 2.35. The molecule has 14 heteroatoms. The molecule has 4 aromatic rings. The van der Waals surface area contributed by atoms with E-state index in [9.17, 15) is 19.2 Å². The minimum atomic E-state index is -1.56. The Morgan fingerprint density at radius 2 is 1.90 bits per heavy atom. The molecule has 248 valence electrons. The summed E-state index contributed by atoms with van der Waals surface area (Å²) in [6, 6.07) is 6.00. The Morgan fingerprint density at radius 3 is 2.58 bits per heavy atom. The van der Waals surface area contributed by atoms with E-state index in [1.54, 1.807) is 9.80 Å². The minimum absolute atomic E-state index is 0.0648. The van der Waals surface area contributed by atoms with Gasteiger partial charge in [0.1, 0.15) is 23.1 Å². The van der Waals surface area contributed by atoms with Crippen molar-refractivity contribution >= 4 is 34.5 Å². The molecule has 0 radical (unpaired) electrons. The fourth-order valence-electron chi connectivity index (χ4n) is 6.21. The smallest absolute Gasteiger partial charge is 0.355 e. The molecule has 1 saturated heterocycles. The van der Waals surface area contributed by atoms with Crippen LogP contribution in [-0.2, 0) is 19.1 Å². The van der Waals surface area contributed by atoms with Crippen molar-refractivity contribution in [2.45, 2.75) is 45.8 Å². The lowest BCUT2D eigenvalue weighted by Gasteiger charge is -2.40. The van der Waals surface area contributed by atoms with Gasteiger partial charge in [-0.25, -0.2) is 23.1 Å². The predicted molar refractivity (Wildman–Crippen MR) is 171 cm³/mol. The second-order valence-electron chi connectivity index (χ2n) is 11.9. The standard InChI is InChI=1S/C34H32F2N6O6/c1-6-26(45)40-12-13-41(18(4)15-40)32-21-14-23(36)29-27-22(35)8-7-9-25(27)47-16-24(44)31(48-19(5)43)20-10-11-37-28(17(2)3)30(20)42(33(21)38-29)34(46)39-32/h6-11,14,17-18,31H,1,12-13,15-16H2,2-5H3/t18-,31-/m0/s1. The number of aromatic nitrogens is 4. The van der Waals surface area contributed by atoms with Crippen LogP contribution in [0.1, 0.15) is 51.0 Å². The van der Waals surface area contributed by atoms with Crippen LogP contribution in [0, 0.1) is 11.6 Å². The lowest BCUT2D eigenvalue weighted by Crippen LogP contribution is -2.54. The summed E-state index contributed by atoms with van der Waals surface area (Å²) in [6.07, 6.45) is 1.08. The molecule has 1 aromatic carbocycles. The molecule has 0 saturated carbocycles. The van der Waals surface area contributed by atoms with Crippen LogP contribution < -0.4 is 15.3 Å². The molecule has 2 bridgehead atoms. The molecule has 48 heavy (non-hydrogen) atoms. The number of halogens is 2. The number of benzene rings is 1. The maximum absolute atomic E-state index is 16.3. The fourth-order valence-corrected chi connectivity index (χ4v) is 6.21. The molecule has 3 aromatic heterocycles. The van der Waals surface area contributed by atoms with Gasteiger partial charge in [0.25, 0.3) is 0 Å². The van der Waals surface area contributed by atoms with Gasteiger partial charge in [0, 0.05) is 44.4 Å². The summed E-state index contributed by atoms with van der Waals surface area (Å²) in [4.78, 5) is 69.7. The number of carbonyl (C=O) groups is 3. The Balaban J connectivity index is 1.74. The number of ether oxygens (including phenoxy) is 2. The van der Waals surface area contributed by atoms with Gasteiger partial charge < -0.3 is 19.3 Å². The van der Waals surface area contributed by atoms with E-state index in [2.05, 4.69) is 21.5 Å². The molecule has 1 amide bonds. The zero-order chi connectivity index (χ0) is 34.4. The molecule has 2 aliphatic heterocycles. The van der Waals surface area contributed by atoms with E-state index in [0.717, 1.165) is 23.6 Å². The van der Waals surface area contributed by atoms with E-state index in [4.69, 9.17) is 9.47 Å². The number of ketones is 1. The molecule has 2 atom stereocenters. The van der Waals surface area contributed by atoms with Gasteiger partial charge >= 0.3 is 11.7 Å². The number of esters is 1. The van der Waals surface area contributed by atoms with Crippen LogP contribution in [0.4, 0.5) is 14.6 Å². The third-order valence-corrected chi connectivity index (χ3v) is 8.38. The molecule has 5 heterocycles. The summed E-state index contributed by atoms with van der Waals surface area (Å²) in [6.45, 7) is 10.3. The van der Waals surface area contributed by atoms with Crippen molar-refractivity contribution in [1.82, 2.24) is 24.4 Å². The molecule has 0 spiro atoms. The van der Waals surface area contributed by atoms with Gasteiger partial charge in [-0.05, 0) is 43.2 Å². The van der Waals surface area contributed by atoms with E-state index in [-0.39, 0.29) is 76.9 Å². The SMILES string of the molecule is C=CC(=O)N1CCN(c2nc(=O)n3c4nc(c(F)cc24)-c2c(F)cccc2OCC(=O)[C@@H](OC(C)=O)c2ccnc(C(C)C)c2-3)[C@@H](C)C1. The lowest BCUT2D eigenvalue weighted by molar-refractivity contribution is -0.154. The van der Waals surface area contributed by atoms with Crippen LogP contribution in [0.5, 0.6) is 5.75 Å². The second-order valence-corrected chi connectivity index (χ2v) is 11.9. The minimum Gasteiger partial charge on any atom is -0.485 e. The van der Waals surface area contributed by atoms with Crippen molar-refractivity contribution in [2.75, 3.05) is 31.1 Å². The van der Waals surface area contributed by atoms with Crippen molar-refractivity contribution in [3.05, 3.63) is 82.6 Å². The quantitative estimate of drug-likeness (QED) is 0.234. The van der Waals surface area contributed by atoms with E-state index < -0.39 is 47.5 Å². The number of nitrogens with zero attached hydrogens (tertiary/aromatic N) is 6. The lowest BCUT2D eigenvalue weighted by atomic mass is 9.98. The van der Waals surface area contributed by atoms with Crippen molar-refractivity contribution < 1.29 is 32.6 Å². The fraction of sp³-hybridized carbons (Fsp3) is 0.324. The average molecular weight is 659 g/mol. The zero-order valence-corrected chi connectivity index (χ0v) is 26.7. The topological polar surface area (TPSA) is 137 Å². The van der Waals surface area contributed by atoms with Crippen LogP contribution in [0.15, 0.2) is 54.0 Å². The monoisotopic (exact) mass is 658 g/mol. The van der Waals surface area contributed by atoms with E-state index in [0.29, 0.717) is 5.69 Å². The number of piperazine rings is 1. The molecule has 6 rings (SSSR count). The summed E-state index contributed by atoms with van der Waals surface area (Å²) < 4.78 is 44.2. The number of hydrogen-bond donors (Lipinski definition) is 0. The maximum atomic E-state index is 16.3. The highest BCUT2D eigenvalue weighted by Crippen LogP contribution is 2.39. The molecule has 0 N–H and O–H groups in total. The van der Waals surface area contributed by atoms with Crippen molar-refractivity contribution in [2.24, 2.45) is 0 Å². The van der Waals surface area contributed by atoms with E-state index in [1.165, 1.54) is 30.5 Å². The van der Waals surface area contributed by atoms with Crippen LogP contribution >= 0.6 is 0 Å². The predicted octanol–water partition coefficient (Wildman–Crippen LogP) is 4.03. The summed E-state index contributed by atoms with van der Waals surface area (Å²) in [5.74, 6) is -4.00. The van der Waals surface area contributed by atoms with Crippen LogP contribution in [0.25, 0.3) is 28.0 Å². The third-order valence-electron chi connectivity index (χ3n) is 8.38. The molecular weight excluding hydrogens is 626 g/mol. The van der Waals surface area contributed by atoms with Crippen molar-refractivity contribution in [3.63, 3.8) is 0 Å². The van der Waals surface area contributed by atoms with E-state index in [1.807, 2.05) is 20.8 Å². The largest absolute Gasteiger partial charge is 0.485 e. The second kappa shape index (κ2) is 12.6. The highest BCUT2D eigenvalue weighted by molar-refractivity contribution is 5.93. The van der Waals surface area contributed by atoms with Crippen molar-refractivity contribution in [3.8, 4) is 22.7 Å². The number of carbonyl (C=O) groups excluding carboxylic acids is 3. The Hall–Kier alpha value is -5.53. The first-order valence-electron chi connectivity index (χ1n) is 15.3. The first-order valence-corrected chi connectivity index (χ1v) is 15.3. The van der Waals surface area contributed by atoms with Gasteiger partial charge in [-0.15, -0.1) is 0 Å². The molecular formula is C34H32F2N6O6. The number of hydrogen-bond acceptors (Lipinski definition) is 10. The van der Waals surface area contributed by atoms with Gasteiger partial charge in [-0.2, -0.15) is 4.98 Å². The summed E-state index contributed by atoms with van der Waals surface area (Å²) in [5.41, 5.74) is -1.30. The molecule has 12 nitrogen and oxygen atoms in total. The number of anilines is 1. The van der Waals surface area contributed by atoms with Gasteiger partial charge in [-0.1, -0.05) is 26.5 Å². The maximum Gasteiger partial charge on any atom is 0.355 e. The number of Topliss-reactive ketones (excluding diaryl/α,β-unsaturated/α-hetero) is 1. The summed E-state index contributed by atoms with van der Waals surface area (Å²) in [7, 11) is 0. The first-order chi connectivity index (χ1) is 22.9. The Kier molecular flexibility index (Phi) is 8.50. The van der Waals surface area contributed by atoms with Crippen molar-refractivity contribution in [1.29, 1.82) is 0 Å². The zero-order valence-electron chi connectivity index (χ0n) is 26.7. The number of pyridine rings is 2. The highest BCUT2D eigenvalue weighted by atomic mass is 19.1. The van der Waals surface area contributed by atoms with E-state index >= 15 is 8.78 Å². The Bertz CT molecular complexity index is 2060. The van der Waals surface area contributed by atoms with Gasteiger partial charge in [0.05, 0.1) is 22.3 Å². The Morgan fingerprint density at radius 1 is 1.12 bits per heavy atom. The molecule has 0 aliphatic carbocycles. The molecule has 1 fully saturated rings. The first kappa shape index (κ1) is 32.4. The van der Waals surface area contributed by atoms with Crippen LogP contribution in [0.2, 0.25) is 0 Å². The number of rotatable bonds is 4. The summed E-state index contributed by atoms with van der Waals surface area (Å²) in [5, 5.41) is 0.0990. The molecule has 2 aliphatic rings. The van der Waals surface area contributed by atoms with Gasteiger partial charge in [0.2, 0.25) is 11.7 Å². The normalized spacial score (nSPS) is 17.7. The third kappa shape index (κ3) is 5.56. The number of fused-ring (bicyclic) bond motifs is 5.